The van der Waals surface area contributed by atoms with Gasteiger partial charge in [0.05, 0.1) is 12.8 Å². The molecule has 0 fully saturated rings. The van der Waals surface area contributed by atoms with Gasteiger partial charge in [0.2, 0.25) is 9.70 Å². The Labute approximate surface area is 159 Å². The van der Waals surface area contributed by atoms with Gasteiger partial charge in [0.15, 0.2) is 0 Å². The molecule has 0 unspecified atom stereocenters. The maximum absolute atomic E-state index is 12.1. The molecular formula is C17H25Cl3N2O2. The SMILES string of the molecule is CCCCCCCC(=O)N[C@@H](Nc1ccccc1OC)C(Cl)(Cl)Cl. The Balaban J connectivity index is 2.61. The highest BCUT2D eigenvalue weighted by Gasteiger charge is 2.34. The summed E-state index contributed by atoms with van der Waals surface area (Å²) in [5.41, 5.74) is 0.638. The molecule has 1 aromatic rings. The minimum absolute atomic E-state index is 0.148. The van der Waals surface area contributed by atoms with Crippen molar-refractivity contribution in [2.75, 3.05) is 12.4 Å². The highest BCUT2D eigenvalue weighted by Crippen LogP contribution is 2.33. The van der Waals surface area contributed by atoms with Gasteiger partial charge in [0, 0.05) is 6.42 Å². The molecule has 24 heavy (non-hydrogen) atoms. The summed E-state index contributed by atoms with van der Waals surface area (Å²) in [7, 11) is 1.56. The van der Waals surface area contributed by atoms with Gasteiger partial charge in [-0.2, -0.15) is 0 Å². The normalized spacial score (nSPS) is 12.5. The largest absolute Gasteiger partial charge is 0.495 e. The van der Waals surface area contributed by atoms with Crippen LogP contribution in [-0.2, 0) is 4.79 Å². The van der Waals surface area contributed by atoms with Gasteiger partial charge in [-0.05, 0) is 18.6 Å². The number of carbonyl (C=O) groups excluding carboxylic acids is 1. The van der Waals surface area contributed by atoms with Crippen molar-refractivity contribution < 1.29 is 9.53 Å². The van der Waals surface area contributed by atoms with Crippen molar-refractivity contribution in [3.05, 3.63) is 24.3 Å². The van der Waals surface area contributed by atoms with Gasteiger partial charge in [-0.3, -0.25) is 4.79 Å². The number of rotatable bonds is 10. The zero-order valence-electron chi connectivity index (χ0n) is 14.1. The molecule has 0 aromatic heterocycles. The van der Waals surface area contributed by atoms with E-state index in [1.54, 1.807) is 19.2 Å². The van der Waals surface area contributed by atoms with Crippen LogP contribution in [0, 0.1) is 0 Å². The van der Waals surface area contributed by atoms with E-state index in [1.807, 2.05) is 12.1 Å². The van der Waals surface area contributed by atoms with Crippen LogP contribution in [0.2, 0.25) is 0 Å². The second-order valence-electron chi connectivity index (χ2n) is 5.55. The number of hydrogen-bond acceptors (Lipinski definition) is 3. The van der Waals surface area contributed by atoms with Crippen molar-refractivity contribution in [2.24, 2.45) is 0 Å². The van der Waals surface area contributed by atoms with Crippen molar-refractivity contribution in [1.29, 1.82) is 0 Å². The molecule has 136 valence electrons. The van der Waals surface area contributed by atoms with Crippen LogP contribution in [0.4, 0.5) is 5.69 Å². The molecule has 0 saturated carbocycles. The molecule has 0 aliphatic rings. The van der Waals surface area contributed by atoms with E-state index in [0.717, 1.165) is 19.3 Å². The average Bonchev–Trinajstić information content (AvgIpc) is 2.53. The molecule has 1 atom stereocenters. The van der Waals surface area contributed by atoms with Crippen molar-refractivity contribution in [1.82, 2.24) is 5.32 Å². The van der Waals surface area contributed by atoms with Crippen molar-refractivity contribution in [3.63, 3.8) is 0 Å². The molecule has 0 spiro atoms. The molecule has 1 amide bonds. The number of ether oxygens (including phenoxy) is 1. The molecular weight excluding hydrogens is 371 g/mol. The highest BCUT2D eigenvalue weighted by molar-refractivity contribution is 6.68. The fourth-order valence-corrected chi connectivity index (χ4v) is 2.57. The second kappa shape index (κ2) is 10.9. The van der Waals surface area contributed by atoms with Gasteiger partial charge in [0.1, 0.15) is 11.9 Å². The summed E-state index contributed by atoms with van der Waals surface area (Å²) in [5.74, 6) is 0.454. The third kappa shape index (κ3) is 7.82. The molecule has 0 saturated heterocycles. The van der Waals surface area contributed by atoms with E-state index in [9.17, 15) is 4.79 Å². The Kier molecular flexibility index (Phi) is 9.64. The average molecular weight is 396 g/mol. The first-order valence-electron chi connectivity index (χ1n) is 8.14. The Morgan fingerprint density at radius 1 is 1.17 bits per heavy atom. The topological polar surface area (TPSA) is 50.4 Å². The number of alkyl halides is 3. The van der Waals surface area contributed by atoms with Gasteiger partial charge in [-0.1, -0.05) is 79.5 Å². The van der Waals surface area contributed by atoms with E-state index < -0.39 is 9.96 Å². The number of nitrogens with one attached hydrogen (secondary N) is 2. The van der Waals surface area contributed by atoms with E-state index in [1.165, 1.54) is 12.8 Å². The monoisotopic (exact) mass is 394 g/mol. The summed E-state index contributed by atoms with van der Waals surface area (Å²) in [5, 5.41) is 5.77. The van der Waals surface area contributed by atoms with E-state index in [2.05, 4.69) is 17.6 Å². The molecule has 1 rings (SSSR count). The number of benzene rings is 1. The molecule has 1 aromatic carbocycles. The zero-order chi connectivity index (χ0) is 18.0. The van der Waals surface area contributed by atoms with E-state index in [4.69, 9.17) is 39.5 Å². The smallest absolute Gasteiger partial charge is 0.228 e. The maximum atomic E-state index is 12.1. The lowest BCUT2D eigenvalue weighted by Crippen LogP contribution is -2.49. The van der Waals surface area contributed by atoms with Gasteiger partial charge in [-0.15, -0.1) is 0 Å². The fraction of sp³-hybridized carbons (Fsp3) is 0.588. The highest BCUT2D eigenvalue weighted by atomic mass is 35.6. The first kappa shape index (κ1) is 21.2. The molecule has 0 bridgehead atoms. The quantitative estimate of drug-likeness (QED) is 0.322. The summed E-state index contributed by atoms with van der Waals surface area (Å²) in [6, 6.07) is 7.24. The molecule has 0 aliphatic carbocycles. The number of halogens is 3. The molecule has 0 aliphatic heterocycles. The number of para-hydroxylation sites is 2. The standard InChI is InChI=1S/C17H25Cl3N2O2/c1-3-4-5-6-7-12-15(23)22-16(17(18,19)20)21-13-10-8-9-11-14(13)24-2/h8-11,16,21H,3-7,12H2,1-2H3,(H,22,23)/t16-/m1/s1. The summed E-state index contributed by atoms with van der Waals surface area (Å²) >= 11 is 18.0. The van der Waals surface area contributed by atoms with Crippen LogP contribution in [0.1, 0.15) is 45.4 Å². The van der Waals surface area contributed by atoms with Crippen molar-refractivity contribution in [2.45, 2.75) is 55.4 Å². The lowest BCUT2D eigenvalue weighted by molar-refractivity contribution is -0.121. The summed E-state index contributed by atoms with van der Waals surface area (Å²) in [6.07, 6.45) is 4.90. The van der Waals surface area contributed by atoms with Crippen LogP contribution in [0.25, 0.3) is 0 Å². The van der Waals surface area contributed by atoms with Gasteiger partial charge in [0.25, 0.3) is 0 Å². The van der Waals surface area contributed by atoms with Crippen LogP contribution >= 0.6 is 34.8 Å². The zero-order valence-corrected chi connectivity index (χ0v) is 16.3. The lowest BCUT2D eigenvalue weighted by atomic mass is 10.1. The third-order valence-corrected chi connectivity index (χ3v) is 4.20. The van der Waals surface area contributed by atoms with Crippen LogP contribution in [-0.4, -0.2) is 23.0 Å². The molecule has 4 nitrogen and oxygen atoms in total. The minimum atomic E-state index is -1.70. The van der Waals surface area contributed by atoms with Crippen molar-refractivity contribution >= 4 is 46.4 Å². The lowest BCUT2D eigenvalue weighted by Gasteiger charge is -2.28. The summed E-state index contributed by atoms with van der Waals surface area (Å²) < 4.78 is 3.57. The van der Waals surface area contributed by atoms with E-state index >= 15 is 0 Å². The first-order chi connectivity index (χ1) is 11.4. The van der Waals surface area contributed by atoms with E-state index in [0.29, 0.717) is 17.9 Å². The van der Waals surface area contributed by atoms with Crippen molar-refractivity contribution in [3.8, 4) is 5.75 Å². The maximum Gasteiger partial charge on any atom is 0.228 e. The molecule has 7 heteroatoms. The van der Waals surface area contributed by atoms with Crippen LogP contribution in [0.5, 0.6) is 5.75 Å². The van der Waals surface area contributed by atoms with E-state index in [-0.39, 0.29) is 5.91 Å². The summed E-state index contributed by atoms with van der Waals surface area (Å²) in [4.78, 5) is 12.1. The first-order valence-corrected chi connectivity index (χ1v) is 9.27. The molecule has 2 N–H and O–H groups in total. The minimum Gasteiger partial charge on any atom is -0.495 e. The number of amides is 1. The van der Waals surface area contributed by atoms with Gasteiger partial charge < -0.3 is 15.4 Å². The molecule has 0 radical (unpaired) electrons. The van der Waals surface area contributed by atoms with Crippen LogP contribution in [0.15, 0.2) is 24.3 Å². The summed E-state index contributed by atoms with van der Waals surface area (Å²) in [6.45, 7) is 2.15. The Hall–Kier alpha value is -0.840. The number of unbranched alkanes of at least 4 members (excludes halogenated alkanes) is 4. The predicted molar refractivity (Wildman–Crippen MR) is 102 cm³/mol. The predicted octanol–water partition coefficient (Wildman–Crippen LogP) is 5.28. The van der Waals surface area contributed by atoms with Gasteiger partial charge >= 0.3 is 0 Å². The number of methoxy groups -OCH3 is 1. The Bertz CT molecular complexity index is 507. The fourth-order valence-electron chi connectivity index (χ4n) is 2.24. The number of anilines is 1. The Morgan fingerprint density at radius 3 is 2.46 bits per heavy atom. The number of hydrogen-bond donors (Lipinski definition) is 2. The van der Waals surface area contributed by atoms with Crippen LogP contribution in [0.3, 0.4) is 0 Å². The second-order valence-corrected chi connectivity index (χ2v) is 7.92. The third-order valence-electron chi connectivity index (χ3n) is 3.55. The molecule has 0 heterocycles. The van der Waals surface area contributed by atoms with Gasteiger partial charge in [-0.25, -0.2) is 0 Å². The Morgan fingerprint density at radius 2 is 1.83 bits per heavy atom. The van der Waals surface area contributed by atoms with Crippen LogP contribution < -0.4 is 15.4 Å². The number of carbonyl (C=O) groups is 1.